The van der Waals surface area contributed by atoms with Gasteiger partial charge in [-0.2, -0.15) is 10.4 Å². The molecule has 0 saturated heterocycles. The van der Waals surface area contributed by atoms with Crippen molar-refractivity contribution >= 4 is 18.8 Å². The summed E-state index contributed by atoms with van der Waals surface area (Å²) in [6.45, 7) is 0. The molecule has 0 unspecified atom stereocenters. The standard InChI is InChI=1S/C9H8BN3O/c1-14-8-2-7(10)5-13-9(8)6(3-11)4-12-13/h2,4-5H,10H2,1H3. The Morgan fingerprint density at radius 3 is 3.07 bits per heavy atom. The van der Waals surface area contributed by atoms with Crippen molar-refractivity contribution in [1.82, 2.24) is 9.61 Å². The van der Waals surface area contributed by atoms with Gasteiger partial charge in [-0.3, -0.25) is 0 Å². The Hall–Kier alpha value is -1.96. The molecule has 0 aliphatic rings. The van der Waals surface area contributed by atoms with Gasteiger partial charge in [-0.05, 0) is 6.07 Å². The number of nitriles is 1. The number of pyridine rings is 1. The summed E-state index contributed by atoms with van der Waals surface area (Å²) in [5.41, 5.74) is 2.30. The molecular formula is C9H8BN3O. The summed E-state index contributed by atoms with van der Waals surface area (Å²) < 4.78 is 6.86. The molecule has 0 fully saturated rings. The molecule has 14 heavy (non-hydrogen) atoms. The van der Waals surface area contributed by atoms with Gasteiger partial charge in [0.15, 0.2) is 0 Å². The minimum Gasteiger partial charge on any atom is -0.494 e. The van der Waals surface area contributed by atoms with Crippen LogP contribution in [0.1, 0.15) is 5.56 Å². The second kappa shape index (κ2) is 3.07. The Bertz CT molecular complexity index is 527. The molecule has 0 spiro atoms. The third-order valence-electron chi connectivity index (χ3n) is 2.05. The zero-order valence-corrected chi connectivity index (χ0v) is 7.98. The van der Waals surface area contributed by atoms with Gasteiger partial charge < -0.3 is 4.74 Å². The van der Waals surface area contributed by atoms with Gasteiger partial charge in [0.05, 0.1) is 13.3 Å². The average Bonchev–Trinajstić information content (AvgIpc) is 2.59. The molecule has 0 radical (unpaired) electrons. The van der Waals surface area contributed by atoms with Crippen LogP contribution in [0, 0.1) is 11.3 Å². The third kappa shape index (κ3) is 1.12. The summed E-state index contributed by atoms with van der Waals surface area (Å²) in [6.07, 6.45) is 3.40. The number of ether oxygens (including phenoxy) is 1. The van der Waals surface area contributed by atoms with E-state index in [1.54, 1.807) is 11.6 Å². The van der Waals surface area contributed by atoms with E-state index in [4.69, 9.17) is 10.00 Å². The van der Waals surface area contributed by atoms with Crippen LogP contribution in [0.2, 0.25) is 0 Å². The number of aromatic nitrogens is 2. The van der Waals surface area contributed by atoms with Gasteiger partial charge in [-0.1, -0.05) is 5.46 Å². The number of nitrogens with zero attached hydrogens (tertiary/aromatic N) is 3. The van der Waals surface area contributed by atoms with Crippen molar-refractivity contribution in [3.05, 3.63) is 24.0 Å². The van der Waals surface area contributed by atoms with E-state index < -0.39 is 0 Å². The van der Waals surface area contributed by atoms with E-state index in [0.717, 1.165) is 11.0 Å². The van der Waals surface area contributed by atoms with E-state index in [0.29, 0.717) is 11.3 Å². The third-order valence-corrected chi connectivity index (χ3v) is 2.05. The smallest absolute Gasteiger partial charge is 0.145 e. The summed E-state index contributed by atoms with van der Waals surface area (Å²) >= 11 is 0. The largest absolute Gasteiger partial charge is 0.494 e. The van der Waals surface area contributed by atoms with Crippen molar-refractivity contribution in [2.24, 2.45) is 0 Å². The lowest BCUT2D eigenvalue weighted by Gasteiger charge is -2.04. The van der Waals surface area contributed by atoms with E-state index in [2.05, 4.69) is 11.2 Å². The number of rotatable bonds is 1. The van der Waals surface area contributed by atoms with E-state index in [1.807, 2.05) is 20.1 Å². The van der Waals surface area contributed by atoms with Crippen LogP contribution in [-0.2, 0) is 0 Å². The Morgan fingerprint density at radius 2 is 2.43 bits per heavy atom. The summed E-state index contributed by atoms with van der Waals surface area (Å²) in [7, 11) is 3.54. The molecule has 2 aromatic rings. The van der Waals surface area contributed by atoms with Gasteiger partial charge in [0.25, 0.3) is 0 Å². The number of fused-ring (bicyclic) bond motifs is 1. The molecule has 0 aliphatic heterocycles. The summed E-state index contributed by atoms with van der Waals surface area (Å²) in [6, 6.07) is 3.97. The van der Waals surface area contributed by atoms with Crippen LogP contribution < -0.4 is 10.2 Å². The van der Waals surface area contributed by atoms with E-state index >= 15 is 0 Å². The fourth-order valence-corrected chi connectivity index (χ4v) is 1.45. The van der Waals surface area contributed by atoms with Crippen LogP contribution >= 0.6 is 0 Å². The van der Waals surface area contributed by atoms with Gasteiger partial charge in [0.1, 0.15) is 30.7 Å². The number of methoxy groups -OCH3 is 1. The molecule has 0 atom stereocenters. The first-order chi connectivity index (χ1) is 6.76. The van der Waals surface area contributed by atoms with Gasteiger partial charge in [-0.25, -0.2) is 4.52 Å². The highest BCUT2D eigenvalue weighted by Crippen LogP contribution is 2.20. The quantitative estimate of drug-likeness (QED) is 0.561. The molecule has 0 bridgehead atoms. The van der Waals surface area contributed by atoms with Gasteiger partial charge in [0, 0.05) is 6.20 Å². The van der Waals surface area contributed by atoms with Crippen molar-refractivity contribution in [2.45, 2.75) is 0 Å². The second-order valence-corrected chi connectivity index (χ2v) is 3.05. The van der Waals surface area contributed by atoms with Crippen molar-refractivity contribution in [1.29, 1.82) is 5.26 Å². The lowest BCUT2D eigenvalue weighted by molar-refractivity contribution is 0.418. The summed E-state index contributed by atoms with van der Waals surface area (Å²) in [4.78, 5) is 0. The number of hydrogen-bond acceptors (Lipinski definition) is 3. The molecule has 68 valence electrons. The summed E-state index contributed by atoms with van der Waals surface area (Å²) in [5, 5.41) is 12.9. The Labute approximate surface area is 82.1 Å². The van der Waals surface area contributed by atoms with Crippen LogP contribution in [0.4, 0.5) is 0 Å². The SMILES string of the molecule is Bc1cc(OC)c2c(C#N)cnn2c1. The lowest BCUT2D eigenvalue weighted by Crippen LogP contribution is -2.07. The fraction of sp³-hybridized carbons (Fsp3) is 0.111. The predicted octanol–water partition coefficient (Wildman–Crippen LogP) is -0.527. The monoisotopic (exact) mass is 185 g/mol. The maximum Gasteiger partial charge on any atom is 0.145 e. The van der Waals surface area contributed by atoms with Crippen LogP contribution in [0.25, 0.3) is 5.52 Å². The molecule has 0 aromatic carbocycles. The van der Waals surface area contributed by atoms with Crippen molar-refractivity contribution in [3.63, 3.8) is 0 Å². The molecule has 0 saturated carbocycles. The Morgan fingerprint density at radius 1 is 1.64 bits per heavy atom. The van der Waals surface area contributed by atoms with Crippen LogP contribution in [-0.4, -0.2) is 24.6 Å². The van der Waals surface area contributed by atoms with Crippen molar-refractivity contribution in [2.75, 3.05) is 7.11 Å². The predicted molar refractivity (Wildman–Crippen MR) is 54.6 cm³/mol. The molecule has 0 amide bonds. The van der Waals surface area contributed by atoms with E-state index in [9.17, 15) is 0 Å². The molecule has 2 heterocycles. The topological polar surface area (TPSA) is 50.3 Å². The first-order valence-electron chi connectivity index (χ1n) is 4.18. The van der Waals surface area contributed by atoms with E-state index in [1.165, 1.54) is 6.20 Å². The average molecular weight is 185 g/mol. The minimum absolute atomic E-state index is 0.529. The van der Waals surface area contributed by atoms with E-state index in [-0.39, 0.29) is 0 Å². The number of hydrogen-bond donors (Lipinski definition) is 0. The zero-order chi connectivity index (χ0) is 10.1. The highest BCUT2D eigenvalue weighted by molar-refractivity contribution is 6.32. The van der Waals surface area contributed by atoms with Crippen LogP contribution in [0.5, 0.6) is 5.75 Å². The molecule has 5 heteroatoms. The Kier molecular flexibility index (Phi) is 1.90. The normalized spacial score (nSPS) is 10.0. The first-order valence-corrected chi connectivity index (χ1v) is 4.18. The van der Waals surface area contributed by atoms with Crippen molar-refractivity contribution in [3.8, 4) is 11.8 Å². The Balaban J connectivity index is 2.87. The van der Waals surface area contributed by atoms with Gasteiger partial charge >= 0.3 is 0 Å². The maximum atomic E-state index is 8.85. The molecular weight excluding hydrogens is 177 g/mol. The molecule has 2 rings (SSSR count). The van der Waals surface area contributed by atoms with Crippen molar-refractivity contribution < 1.29 is 4.74 Å². The van der Waals surface area contributed by atoms with Gasteiger partial charge in [0.2, 0.25) is 0 Å². The zero-order valence-electron chi connectivity index (χ0n) is 7.98. The van der Waals surface area contributed by atoms with Crippen LogP contribution in [0.15, 0.2) is 18.5 Å². The molecule has 0 aliphatic carbocycles. The maximum absolute atomic E-state index is 8.85. The fourth-order valence-electron chi connectivity index (χ4n) is 1.45. The highest BCUT2D eigenvalue weighted by Gasteiger charge is 2.09. The molecule has 2 aromatic heterocycles. The van der Waals surface area contributed by atoms with Crippen LogP contribution in [0.3, 0.4) is 0 Å². The molecule has 4 nitrogen and oxygen atoms in total. The summed E-state index contributed by atoms with van der Waals surface area (Å²) in [5.74, 6) is 0.680. The highest BCUT2D eigenvalue weighted by atomic mass is 16.5. The first kappa shape index (κ1) is 8.63. The lowest BCUT2D eigenvalue weighted by atomic mass is 9.98. The van der Waals surface area contributed by atoms with Gasteiger partial charge in [-0.15, -0.1) is 0 Å². The second-order valence-electron chi connectivity index (χ2n) is 3.05. The minimum atomic E-state index is 0.529. The molecule has 0 N–H and O–H groups in total.